The van der Waals surface area contributed by atoms with Crippen molar-refractivity contribution in [1.29, 1.82) is 0 Å². The molecule has 0 radical (unpaired) electrons. The van der Waals surface area contributed by atoms with Gasteiger partial charge in [0.15, 0.2) is 6.04 Å². The molecule has 6 nitrogen and oxygen atoms in total. The summed E-state index contributed by atoms with van der Waals surface area (Å²) in [5, 5.41) is 2.67. The molecule has 0 aromatic heterocycles. The van der Waals surface area contributed by atoms with Gasteiger partial charge in [0.2, 0.25) is 5.91 Å². The Labute approximate surface area is 142 Å². The number of hydrogen-bond acceptors (Lipinski definition) is 5. The second-order valence-electron chi connectivity index (χ2n) is 5.93. The lowest BCUT2D eigenvalue weighted by atomic mass is 10.1. The van der Waals surface area contributed by atoms with Gasteiger partial charge in [-0.15, -0.1) is 0 Å². The fourth-order valence-electron chi connectivity index (χ4n) is 2.98. The third kappa shape index (κ3) is 4.96. The molecule has 0 spiro atoms. The molecule has 1 aromatic rings. The first kappa shape index (κ1) is 18.3. The predicted molar refractivity (Wildman–Crippen MR) is 88.7 cm³/mol. The fourth-order valence-corrected chi connectivity index (χ4v) is 2.98. The minimum atomic E-state index is -0.922. The zero-order valence-corrected chi connectivity index (χ0v) is 14.2. The molecule has 1 unspecified atom stereocenters. The lowest BCUT2D eigenvalue weighted by molar-refractivity contribution is -0.146. The maximum absolute atomic E-state index is 12.1. The van der Waals surface area contributed by atoms with Crippen molar-refractivity contribution in [2.24, 2.45) is 5.92 Å². The number of carbonyl (C=O) groups is 2. The zero-order valence-electron chi connectivity index (χ0n) is 14.2. The highest BCUT2D eigenvalue weighted by molar-refractivity contribution is 5.86. The van der Waals surface area contributed by atoms with Crippen molar-refractivity contribution in [3.63, 3.8) is 0 Å². The first-order valence-electron chi connectivity index (χ1n) is 8.23. The van der Waals surface area contributed by atoms with Crippen molar-refractivity contribution in [2.45, 2.75) is 31.7 Å². The topological polar surface area (TPSA) is 73.9 Å². The Balaban J connectivity index is 1.95. The van der Waals surface area contributed by atoms with Gasteiger partial charge in [-0.1, -0.05) is 31.0 Å². The normalized spacial score (nSPS) is 15.8. The molecule has 0 saturated heterocycles. The lowest BCUT2D eigenvalue weighted by Crippen LogP contribution is -2.37. The summed E-state index contributed by atoms with van der Waals surface area (Å²) >= 11 is 0. The van der Waals surface area contributed by atoms with Crippen molar-refractivity contribution in [1.82, 2.24) is 5.32 Å². The van der Waals surface area contributed by atoms with Crippen molar-refractivity contribution in [3.8, 4) is 5.75 Å². The van der Waals surface area contributed by atoms with Crippen LogP contribution in [0.4, 0.5) is 0 Å². The van der Waals surface area contributed by atoms with Crippen molar-refractivity contribution in [3.05, 3.63) is 29.8 Å². The Bertz CT molecular complexity index is 554. The first-order chi connectivity index (χ1) is 11.7. The molecule has 6 heteroatoms. The molecule has 24 heavy (non-hydrogen) atoms. The zero-order chi connectivity index (χ0) is 17.4. The van der Waals surface area contributed by atoms with Crippen LogP contribution in [0.25, 0.3) is 0 Å². The average Bonchev–Trinajstić information content (AvgIpc) is 3.12. The fraction of sp³-hybridized carbons (Fsp3) is 0.556. The number of amides is 1. The molecule has 0 heterocycles. The summed E-state index contributed by atoms with van der Waals surface area (Å²) in [6, 6.07) is 6.10. The summed E-state index contributed by atoms with van der Waals surface area (Å²) in [4.78, 5) is 24.2. The van der Waals surface area contributed by atoms with Crippen molar-refractivity contribution >= 4 is 11.9 Å². The van der Waals surface area contributed by atoms with E-state index in [9.17, 15) is 9.59 Å². The molecule has 0 bridgehead atoms. The van der Waals surface area contributed by atoms with Gasteiger partial charge >= 0.3 is 5.97 Å². The SMILES string of the molecule is COC(=O)C(NC(=O)COCC1CCCC1)c1ccccc1OC. The maximum Gasteiger partial charge on any atom is 0.333 e. The van der Waals surface area contributed by atoms with E-state index in [4.69, 9.17) is 14.2 Å². The van der Waals surface area contributed by atoms with Gasteiger partial charge in [-0.05, 0) is 24.8 Å². The summed E-state index contributed by atoms with van der Waals surface area (Å²) in [5.41, 5.74) is 0.552. The van der Waals surface area contributed by atoms with Gasteiger partial charge in [0, 0.05) is 5.56 Å². The predicted octanol–water partition coefficient (Wildman–Crippen LogP) is 2.23. The van der Waals surface area contributed by atoms with Crippen LogP contribution in [-0.4, -0.2) is 39.3 Å². The minimum absolute atomic E-state index is 0.0703. The van der Waals surface area contributed by atoms with E-state index in [1.54, 1.807) is 24.3 Å². The van der Waals surface area contributed by atoms with E-state index in [-0.39, 0.29) is 12.5 Å². The molecular formula is C18H25NO5. The molecule has 1 fully saturated rings. The van der Waals surface area contributed by atoms with Crippen LogP contribution in [-0.2, 0) is 19.1 Å². The summed E-state index contributed by atoms with van der Waals surface area (Å²) in [6.45, 7) is 0.518. The van der Waals surface area contributed by atoms with E-state index in [1.165, 1.54) is 27.1 Å². The summed E-state index contributed by atoms with van der Waals surface area (Å²) in [7, 11) is 2.80. The van der Waals surface area contributed by atoms with E-state index in [0.717, 1.165) is 12.8 Å². The number of methoxy groups -OCH3 is 2. The largest absolute Gasteiger partial charge is 0.496 e. The second-order valence-corrected chi connectivity index (χ2v) is 5.93. The van der Waals surface area contributed by atoms with Crippen LogP contribution >= 0.6 is 0 Å². The summed E-state index contributed by atoms with van der Waals surface area (Å²) < 4.78 is 15.6. The highest BCUT2D eigenvalue weighted by Gasteiger charge is 2.26. The van der Waals surface area contributed by atoms with Gasteiger partial charge in [-0.25, -0.2) is 4.79 Å². The van der Waals surface area contributed by atoms with E-state index in [0.29, 0.717) is 23.8 Å². The van der Waals surface area contributed by atoms with Crippen LogP contribution < -0.4 is 10.1 Å². The monoisotopic (exact) mass is 335 g/mol. The first-order valence-corrected chi connectivity index (χ1v) is 8.23. The number of nitrogens with one attached hydrogen (secondary N) is 1. The molecule has 1 aliphatic carbocycles. The molecule has 1 atom stereocenters. The number of para-hydroxylation sites is 1. The number of carbonyl (C=O) groups excluding carboxylic acids is 2. The molecule has 2 rings (SSSR count). The second kappa shape index (κ2) is 9.27. The van der Waals surface area contributed by atoms with Gasteiger partial charge < -0.3 is 19.5 Å². The van der Waals surface area contributed by atoms with Gasteiger partial charge in [0.05, 0.1) is 20.8 Å². The highest BCUT2D eigenvalue weighted by Crippen LogP contribution is 2.26. The third-order valence-corrected chi connectivity index (χ3v) is 4.25. The molecule has 0 aliphatic heterocycles. The van der Waals surface area contributed by atoms with Crippen LogP contribution in [0, 0.1) is 5.92 Å². The van der Waals surface area contributed by atoms with Gasteiger partial charge in [-0.2, -0.15) is 0 Å². The summed E-state index contributed by atoms with van der Waals surface area (Å²) in [6.07, 6.45) is 4.79. The molecule has 132 valence electrons. The Morgan fingerprint density at radius 3 is 2.58 bits per heavy atom. The van der Waals surface area contributed by atoms with Crippen LogP contribution in [0.5, 0.6) is 5.75 Å². The number of hydrogen-bond donors (Lipinski definition) is 1. The molecule has 1 aliphatic rings. The van der Waals surface area contributed by atoms with Crippen LogP contribution in [0.1, 0.15) is 37.3 Å². The minimum Gasteiger partial charge on any atom is -0.496 e. The standard InChI is InChI=1S/C18H25NO5/c1-22-15-10-6-5-9-14(15)17(18(21)23-2)19-16(20)12-24-11-13-7-3-4-8-13/h5-6,9-10,13,17H,3-4,7-8,11-12H2,1-2H3,(H,19,20). The van der Waals surface area contributed by atoms with Crippen LogP contribution in [0.15, 0.2) is 24.3 Å². The summed E-state index contributed by atoms with van der Waals surface area (Å²) in [5.74, 6) is 0.154. The molecule has 1 aromatic carbocycles. The van der Waals surface area contributed by atoms with E-state index >= 15 is 0 Å². The molecule has 1 amide bonds. The Morgan fingerprint density at radius 1 is 1.21 bits per heavy atom. The number of rotatable bonds is 8. The van der Waals surface area contributed by atoms with E-state index < -0.39 is 12.0 Å². The molecular weight excluding hydrogens is 310 g/mol. The Kier molecular flexibility index (Phi) is 7.06. The molecule has 1 N–H and O–H groups in total. The molecule has 1 saturated carbocycles. The maximum atomic E-state index is 12.1. The quantitative estimate of drug-likeness (QED) is 0.738. The van der Waals surface area contributed by atoms with Crippen molar-refractivity contribution < 1.29 is 23.8 Å². The number of benzene rings is 1. The third-order valence-electron chi connectivity index (χ3n) is 4.25. The lowest BCUT2D eigenvalue weighted by Gasteiger charge is -2.19. The average molecular weight is 335 g/mol. The van der Waals surface area contributed by atoms with Crippen LogP contribution in [0.3, 0.4) is 0 Å². The van der Waals surface area contributed by atoms with Gasteiger partial charge in [0.1, 0.15) is 12.4 Å². The number of esters is 1. The highest BCUT2D eigenvalue weighted by atomic mass is 16.5. The smallest absolute Gasteiger partial charge is 0.333 e. The van der Waals surface area contributed by atoms with Crippen LogP contribution in [0.2, 0.25) is 0 Å². The van der Waals surface area contributed by atoms with E-state index in [2.05, 4.69) is 5.32 Å². The number of ether oxygens (including phenoxy) is 3. The van der Waals surface area contributed by atoms with Gasteiger partial charge in [0.25, 0.3) is 0 Å². The Hall–Kier alpha value is -2.08. The van der Waals surface area contributed by atoms with E-state index in [1.807, 2.05) is 0 Å². The Morgan fingerprint density at radius 2 is 1.92 bits per heavy atom. The van der Waals surface area contributed by atoms with Crippen molar-refractivity contribution in [2.75, 3.05) is 27.4 Å². The van der Waals surface area contributed by atoms with Gasteiger partial charge in [-0.3, -0.25) is 4.79 Å².